The Morgan fingerprint density at radius 2 is 1.90 bits per heavy atom. The molecule has 0 aliphatic rings. The summed E-state index contributed by atoms with van der Waals surface area (Å²) in [5.41, 5.74) is 0.319. The predicted molar refractivity (Wildman–Crippen MR) is 111 cm³/mol. The number of anilines is 1. The zero-order valence-corrected chi connectivity index (χ0v) is 16.4. The van der Waals surface area contributed by atoms with Crippen molar-refractivity contribution in [1.29, 1.82) is 0 Å². The van der Waals surface area contributed by atoms with E-state index in [1.165, 1.54) is 18.2 Å². The molecule has 2 N–H and O–H groups in total. The highest BCUT2D eigenvalue weighted by molar-refractivity contribution is 7.14. The number of aromatic carboxylic acids is 1. The number of hydrogen-bond acceptors (Lipinski definition) is 7. The number of ether oxygens (including phenoxy) is 1. The van der Waals surface area contributed by atoms with Gasteiger partial charge < -0.3 is 14.3 Å². The number of aromatic nitrogens is 1. The van der Waals surface area contributed by atoms with E-state index >= 15 is 0 Å². The van der Waals surface area contributed by atoms with Crippen LogP contribution in [0.3, 0.4) is 0 Å². The minimum Gasteiger partial charge on any atom is -0.497 e. The van der Waals surface area contributed by atoms with Gasteiger partial charge in [-0.2, -0.15) is 0 Å². The highest BCUT2D eigenvalue weighted by Gasteiger charge is 2.18. The quantitative estimate of drug-likeness (QED) is 0.469. The molecule has 0 atom stereocenters. The van der Waals surface area contributed by atoms with Crippen molar-refractivity contribution in [1.82, 2.24) is 4.98 Å². The number of methoxy groups -OCH3 is 1. The molecule has 2 heterocycles. The summed E-state index contributed by atoms with van der Waals surface area (Å²) in [5, 5.41) is 14.3. The van der Waals surface area contributed by atoms with Crippen LogP contribution in [0.1, 0.15) is 20.7 Å². The van der Waals surface area contributed by atoms with Gasteiger partial charge in [0.15, 0.2) is 5.13 Å². The van der Waals surface area contributed by atoms with Crippen LogP contribution >= 0.6 is 11.3 Å². The van der Waals surface area contributed by atoms with Gasteiger partial charge in [-0.1, -0.05) is 12.1 Å². The highest BCUT2D eigenvalue weighted by Crippen LogP contribution is 2.27. The summed E-state index contributed by atoms with van der Waals surface area (Å²) in [6, 6.07) is 12.6. The number of thiazole rings is 1. The van der Waals surface area contributed by atoms with E-state index in [9.17, 15) is 19.5 Å². The SMILES string of the molecule is COc1ccc2oc(=O)c(-c3csc(NC(=O)c4ccccc4C(=O)O)n3)cc2c1. The molecular formula is C21H14N2O6S. The number of nitrogens with zero attached hydrogens (tertiary/aromatic N) is 1. The topological polar surface area (TPSA) is 119 Å². The third-order valence-corrected chi connectivity index (χ3v) is 5.10. The molecule has 1 amide bonds. The van der Waals surface area contributed by atoms with Gasteiger partial charge in [-0.05, 0) is 36.4 Å². The molecule has 0 aliphatic carbocycles. The van der Waals surface area contributed by atoms with Crippen LogP contribution in [0.4, 0.5) is 5.13 Å². The molecule has 9 heteroatoms. The molecular weight excluding hydrogens is 408 g/mol. The number of amides is 1. The van der Waals surface area contributed by atoms with Crippen LogP contribution in [0.15, 0.2) is 63.1 Å². The first-order valence-corrected chi connectivity index (χ1v) is 9.55. The fraction of sp³-hybridized carbons (Fsp3) is 0.0476. The lowest BCUT2D eigenvalue weighted by Gasteiger charge is -2.05. The average Bonchev–Trinajstić information content (AvgIpc) is 3.21. The minimum atomic E-state index is -1.20. The van der Waals surface area contributed by atoms with Crippen molar-refractivity contribution in [3.05, 3.63) is 75.5 Å². The summed E-state index contributed by atoms with van der Waals surface area (Å²) >= 11 is 1.11. The number of carboxylic acid groups (broad SMARTS) is 1. The number of carbonyl (C=O) groups excluding carboxylic acids is 1. The number of carbonyl (C=O) groups is 2. The summed E-state index contributed by atoms with van der Waals surface area (Å²) in [7, 11) is 1.54. The van der Waals surface area contributed by atoms with Gasteiger partial charge in [-0.3, -0.25) is 10.1 Å². The lowest BCUT2D eigenvalue weighted by molar-refractivity contribution is 0.0692. The van der Waals surface area contributed by atoms with Gasteiger partial charge in [0.1, 0.15) is 11.3 Å². The molecule has 4 aromatic rings. The van der Waals surface area contributed by atoms with Gasteiger partial charge in [0.25, 0.3) is 5.91 Å². The Morgan fingerprint density at radius 1 is 1.13 bits per heavy atom. The molecule has 2 aromatic heterocycles. The molecule has 150 valence electrons. The van der Waals surface area contributed by atoms with Gasteiger partial charge in [0.2, 0.25) is 0 Å². The van der Waals surface area contributed by atoms with Crippen molar-refractivity contribution in [2.45, 2.75) is 0 Å². The third kappa shape index (κ3) is 3.65. The van der Waals surface area contributed by atoms with E-state index in [0.717, 1.165) is 11.3 Å². The second kappa shape index (κ2) is 7.80. The standard InChI is InChI=1S/C21H14N2O6S/c1-28-12-6-7-17-11(8-12)9-15(20(27)29-17)16-10-30-21(22-16)23-18(24)13-4-2-3-5-14(13)19(25)26/h2-10H,1H3,(H,25,26)(H,22,23,24). The average molecular weight is 422 g/mol. The first-order valence-electron chi connectivity index (χ1n) is 8.68. The smallest absolute Gasteiger partial charge is 0.345 e. The van der Waals surface area contributed by atoms with Crippen molar-refractivity contribution >= 4 is 39.3 Å². The van der Waals surface area contributed by atoms with E-state index < -0.39 is 17.5 Å². The Kier molecular flexibility index (Phi) is 5.03. The molecule has 30 heavy (non-hydrogen) atoms. The van der Waals surface area contributed by atoms with Crippen LogP contribution in [0.25, 0.3) is 22.2 Å². The summed E-state index contributed by atoms with van der Waals surface area (Å²) in [6.07, 6.45) is 0. The second-order valence-electron chi connectivity index (χ2n) is 6.19. The van der Waals surface area contributed by atoms with E-state index in [2.05, 4.69) is 10.3 Å². The van der Waals surface area contributed by atoms with E-state index in [-0.39, 0.29) is 21.8 Å². The molecule has 0 bridgehead atoms. The first kappa shape index (κ1) is 19.3. The molecule has 8 nitrogen and oxygen atoms in total. The van der Waals surface area contributed by atoms with Gasteiger partial charge >= 0.3 is 11.6 Å². The lowest BCUT2D eigenvalue weighted by atomic mass is 10.1. The number of nitrogens with one attached hydrogen (secondary N) is 1. The van der Waals surface area contributed by atoms with Crippen molar-refractivity contribution in [3.8, 4) is 17.0 Å². The predicted octanol–water partition coefficient (Wildman–Crippen LogP) is 3.88. The summed E-state index contributed by atoms with van der Waals surface area (Å²) in [5.74, 6) is -1.19. The molecule has 0 radical (unpaired) electrons. The van der Waals surface area contributed by atoms with Crippen LogP contribution in [-0.2, 0) is 0 Å². The van der Waals surface area contributed by atoms with Crippen molar-refractivity contribution in [3.63, 3.8) is 0 Å². The molecule has 0 saturated carbocycles. The van der Waals surface area contributed by atoms with E-state index in [1.54, 1.807) is 42.8 Å². The van der Waals surface area contributed by atoms with Gasteiger partial charge in [-0.25, -0.2) is 14.6 Å². The monoisotopic (exact) mass is 422 g/mol. The highest BCUT2D eigenvalue weighted by atomic mass is 32.1. The van der Waals surface area contributed by atoms with Crippen LogP contribution in [0, 0.1) is 0 Å². The molecule has 4 rings (SSSR count). The number of hydrogen-bond donors (Lipinski definition) is 2. The minimum absolute atomic E-state index is 0.0130. The maximum Gasteiger partial charge on any atom is 0.345 e. The first-order chi connectivity index (χ1) is 14.5. The summed E-state index contributed by atoms with van der Waals surface area (Å²) < 4.78 is 10.5. The zero-order valence-electron chi connectivity index (χ0n) is 15.5. The van der Waals surface area contributed by atoms with Crippen molar-refractivity contribution in [2.24, 2.45) is 0 Å². The molecule has 0 saturated heterocycles. The Balaban J connectivity index is 1.65. The summed E-state index contributed by atoms with van der Waals surface area (Å²) in [6.45, 7) is 0. The molecule has 0 aliphatic heterocycles. The van der Waals surface area contributed by atoms with Crippen molar-refractivity contribution < 1.29 is 23.8 Å². The normalized spacial score (nSPS) is 10.7. The Hall–Kier alpha value is -3.98. The zero-order chi connectivity index (χ0) is 21.3. The Morgan fingerprint density at radius 3 is 2.63 bits per heavy atom. The van der Waals surface area contributed by atoms with Crippen LogP contribution in [0.5, 0.6) is 5.75 Å². The van der Waals surface area contributed by atoms with E-state index in [1.807, 2.05) is 0 Å². The van der Waals surface area contributed by atoms with Gasteiger partial charge in [0.05, 0.1) is 29.5 Å². The fourth-order valence-corrected chi connectivity index (χ4v) is 3.60. The molecule has 2 aromatic carbocycles. The lowest BCUT2D eigenvalue weighted by Crippen LogP contribution is -2.16. The maximum absolute atomic E-state index is 12.5. The molecule has 0 fully saturated rings. The van der Waals surface area contributed by atoms with Gasteiger partial charge in [-0.15, -0.1) is 11.3 Å². The number of carboxylic acids is 1. The molecule has 0 unspecified atom stereocenters. The fourth-order valence-electron chi connectivity index (χ4n) is 2.89. The third-order valence-electron chi connectivity index (χ3n) is 4.34. The van der Waals surface area contributed by atoms with Crippen LogP contribution < -0.4 is 15.7 Å². The Bertz CT molecular complexity index is 1340. The number of benzene rings is 2. The van der Waals surface area contributed by atoms with Crippen LogP contribution in [-0.4, -0.2) is 29.1 Å². The Labute approximate surface area is 173 Å². The van der Waals surface area contributed by atoms with E-state index in [0.29, 0.717) is 22.4 Å². The summed E-state index contributed by atoms with van der Waals surface area (Å²) in [4.78, 5) is 40.5. The molecule has 0 spiro atoms. The largest absolute Gasteiger partial charge is 0.497 e. The van der Waals surface area contributed by atoms with Crippen molar-refractivity contribution in [2.75, 3.05) is 12.4 Å². The van der Waals surface area contributed by atoms with Crippen LogP contribution in [0.2, 0.25) is 0 Å². The number of fused-ring (bicyclic) bond motifs is 1. The second-order valence-corrected chi connectivity index (χ2v) is 7.05. The number of rotatable bonds is 5. The maximum atomic E-state index is 12.5. The van der Waals surface area contributed by atoms with E-state index in [4.69, 9.17) is 9.15 Å². The van der Waals surface area contributed by atoms with Gasteiger partial charge in [0, 0.05) is 10.8 Å².